The van der Waals surface area contributed by atoms with Crippen LogP contribution < -0.4 is 10.9 Å². The van der Waals surface area contributed by atoms with Gasteiger partial charge >= 0.3 is 0 Å². The van der Waals surface area contributed by atoms with Gasteiger partial charge in [0.2, 0.25) is 0 Å². The summed E-state index contributed by atoms with van der Waals surface area (Å²) in [6.07, 6.45) is 4.32. The maximum Gasteiger partial charge on any atom is 0.293 e. The molecule has 0 saturated carbocycles. The molecule has 1 heterocycles. The Labute approximate surface area is 113 Å². The van der Waals surface area contributed by atoms with Crippen LogP contribution in [0.2, 0.25) is 0 Å². The van der Waals surface area contributed by atoms with Gasteiger partial charge in [-0.3, -0.25) is 4.79 Å². The number of nitrogens with one attached hydrogen (secondary N) is 1. The quantitative estimate of drug-likeness (QED) is 0.896. The fraction of sp³-hybridized carbons (Fsp3) is 0.333. The molecule has 0 spiro atoms. The lowest BCUT2D eigenvalue weighted by Crippen LogP contribution is -2.25. The van der Waals surface area contributed by atoms with Crippen molar-refractivity contribution in [1.29, 1.82) is 0 Å². The van der Waals surface area contributed by atoms with Crippen molar-refractivity contribution in [2.45, 2.75) is 32.9 Å². The van der Waals surface area contributed by atoms with E-state index < -0.39 is 0 Å². The van der Waals surface area contributed by atoms with Crippen LogP contribution in [0.25, 0.3) is 0 Å². The molecule has 1 atom stereocenters. The van der Waals surface area contributed by atoms with Gasteiger partial charge in [0.05, 0.1) is 6.04 Å². The molecular formula is C15H19N3O. The molecule has 0 amide bonds. The highest BCUT2D eigenvalue weighted by atomic mass is 16.1. The van der Waals surface area contributed by atoms with Gasteiger partial charge in [-0.25, -0.2) is 4.98 Å². The van der Waals surface area contributed by atoms with E-state index in [0.29, 0.717) is 5.82 Å². The number of benzene rings is 1. The monoisotopic (exact) mass is 257 g/mol. The van der Waals surface area contributed by atoms with Crippen molar-refractivity contribution >= 4 is 5.82 Å². The number of rotatable bonds is 5. The largest absolute Gasteiger partial charge is 0.359 e. The fourth-order valence-corrected chi connectivity index (χ4v) is 1.99. The van der Waals surface area contributed by atoms with Crippen molar-refractivity contribution in [3.05, 3.63) is 58.6 Å². The average molecular weight is 257 g/mol. The van der Waals surface area contributed by atoms with Crippen molar-refractivity contribution in [2.24, 2.45) is 0 Å². The first-order chi connectivity index (χ1) is 9.22. The molecule has 4 nitrogen and oxygen atoms in total. The van der Waals surface area contributed by atoms with Crippen LogP contribution in [-0.2, 0) is 6.54 Å². The third-order valence-corrected chi connectivity index (χ3v) is 3.03. The average Bonchev–Trinajstić information content (AvgIpc) is 2.44. The van der Waals surface area contributed by atoms with Gasteiger partial charge in [0, 0.05) is 18.9 Å². The van der Waals surface area contributed by atoms with Crippen LogP contribution in [0.1, 0.15) is 31.9 Å². The molecular weight excluding hydrogens is 238 g/mol. The van der Waals surface area contributed by atoms with Gasteiger partial charge < -0.3 is 9.88 Å². The van der Waals surface area contributed by atoms with Gasteiger partial charge in [-0.15, -0.1) is 0 Å². The highest BCUT2D eigenvalue weighted by Gasteiger charge is 2.09. The van der Waals surface area contributed by atoms with Crippen LogP contribution in [0.4, 0.5) is 5.82 Å². The van der Waals surface area contributed by atoms with Crippen LogP contribution in [-0.4, -0.2) is 9.55 Å². The van der Waals surface area contributed by atoms with Gasteiger partial charge in [-0.05, 0) is 18.9 Å². The Balaban J connectivity index is 2.20. The van der Waals surface area contributed by atoms with Crippen molar-refractivity contribution in [3.63, 3.8) is 0 Å². The molecule has 0 saturated heterocycles. The summed E-state index contributed by atoms with van der Waals surface area (Å²) in [5, 5.41) is 3.18. The van der Waals surface area contributed by atoms with E-state index in [9.17, 15) is 4.79 Å². The molecule has 1 unspecified atom stereocenters. The lowest BCUT2D eigenvalue weighted by molar-refractivity contribution is 0.648. The molecule has 1 N–H and O–H groups in total. The third-order valence-electron chi connectivity index (χ3n) is 3.03. The minimum atomic E-state index is -0.0628. The van der Waals surface area contributed by atoms with Crippen molar-refractivity contribution < 1.29 is 0 Å². The van der Waals surface area contributed by atoms with Gasteiger partial charge in [0.15, 0.2) is 5.82 Å². The number of nitrogens with zero attached hydrogens (tertiary/aromatic N) is 2. The molecule has 19 heavy (non-hydrogen) atoms. The molecule has 100 valence electrons. The number of anilines is 1. The van der Waals surface area contributed by atoms with Gasteiger partial charge in [0.25, 0.3) is 5.56 Å². The first-order valence-corrected chi connectivity index (χ1v) is 6.59. The molecule has 0 radical (unpaired) electrons. The maximum atomic E-state index is 12.2. The molecule has 0 aliphatic rings. The molecule has 0 bridgehead atoms. The van der Waals surface area contributed by atoms with Crippen molar-refractivity contribution in [2.75, 3.05) is 5.32 Å². The Bertz CT molecular complexity index is 577. The van der Waals surface area contributed by atoms with E-state index in [2.05, 4.69) is 10.3 Å². The molecule has 1 aromatic heterocycles. The highest BCUT2D eigenvalue weighted by molar-refractivity contribution is 5.35. The minimum absolute atomic E-state index is 0.0545. The lowest BCUT2D eigenvalue weighted by Gasteiger charge is -2.15. The van der Waals surface area contributed by atoms with Crippen LogP contribution in [0.3, 0.4) is 0 Å². The zero-order chi connectivity index (χ0) is 13.7. The van der Waals surface area contributed by atoms with E-state index in [0.717, 1.165) is 18.5 Å². The number of hydrogen-bond acceptors (Lipinski definition) is 3. The number of aryl methyl sites for hydroxylation is 1. The summed E-state index contributed by atoms with van der Waals surface area (Å²) >= 11 is 0. The summed E-state index contributed by atoms with van der Waals surface area (Å²) in [5.41, 5.74) is 1.07. The van der Waals surface area contributed by atoms with Gasteiger partial charge in [-0.2, -0.15) is 0 Å². The van der Waals surface area contributed by atoms with Crippen molar-refractivity contribution in [1.82, 2.24) is 9.55 Å². The van der Waals surface area contributed by atoms with E-state index in [1.165, 1.54) is 0 Å². The van der Waals surface area contributed by atoms with Crippen molar-refractivity contribution in [3.8, 4) is 0 Å². The number of aromatic nitrogens is 2. The molecule has 1 aromatic carbocycles. The first kappa shape index (κ1) is 13.3. The second kappa shape index (κ2) is 6.18. The Morgan fingerprint density at radius 1 is 1.32 bits per heavy atom. The van der Waals surface area contributed by atoms with Crippen LogP contribution in [0, 0.1) is 0 Å². The summed E-state index contributed by atoms with van der Waals surface area (Å²) in [4.78, 5) is 16.3. The van der Waals surface area contributed by atoms with Gasteiger partial charge in [-0.1, -0.05) is 37.3 Å². The van der Waals surface area contributed by atoms with E-state index >= 15 is 0 Å². The van der Waals surface area contributed by atoms with E-state index in [1.807, 2.05) is 44.2 Å². The highest BCUT2D eigenvalue weighted by Crippen LogP contribution is 2.15. The Hall–Kier alpha value is -2.10. The summed E-state index contributed by atoms with van der Waals surface area (Å²) in [5.74, 6) is 0.410. The summed E-state index contributed by atoms with van der Waals surface area (Å²) in [7, 11) is 0. The van der Waals surface area contributed by atoms with Crippen LogP contribution >= 0.6 is 0 Å². The summed E-state index contributed by atoms with van der Waals surface area (Å²) < 4.78 is 1.69. The number of hydrogen-bond donors (Lipinski definition) is 1. The minimum Gasteiger partial charge on any atom is -0.359 e. The standard InChI is InChI=1S/C15H19N3O/c1-3-10-18-11-9-16-14(15(18)19)17-12(2)13-7-5-4-6-8-13/h4-9,11-12H,3,10H2,1-2H3,(H,16,17). The normalized spacial score (nSPS) is 12.1. The smallest absolute Gasteiger partial charge is 0.293 e. The lowest BCUT2D eigenvalue weighted by atomic mass is 10.1. The second-order valence-electron chi connectivity index (χ2n) is 4.55. The third kappa shape index (κ3) is 3.22. The summed E-state index contributed by atoms with van der Waals surface area (Å²) in [6, 6.07) is 10.1. The molecule has 2 aromatic rings. The molecule has 0 aliphatic heterocycles. The van der Waals surface area contributed by atoms with E-state index in [1.54, 1.807) is 17.0 Å². The molecule has 2 rings (SSSR count). The maximum absolute atomic E-state index is 12.2. The van der Waals surface area contributed by atoms with E-state index in [4.69, 9.17) is 0 Å². The zero-order valence-electron chi connectivity index (χ0n) is 11.3. The zero-order valence-corrected chi connectivity index (χ0v) is 11.3. The van der Waals surface area contributed by atoms with E-state index in [-0.39, 0.29) is 11.6 Å². The Morgan fingerprint density at radius 2 is 2.05 bits per heavy atom. The fourth-order valence-electron chi connectivity index (χ4n) is 1.99. The topological polar surface area (TPSA) is 46.9 Å². The SMILES string of the molecule is CCCn1ccnc(NC(C)c2ccccc2)c1=O. The van der Waals surface area contributed by atoms with Crippen LogP contribution in [0.5, 0.6) is 0 Å². The van der Waals surface area contributed by atoms with Crippen LogP contribution in [0.15, 0.2) is 47.5 Å². The summed E-state index contributed by atoms with van der Waals surface area (Å²) in [6.45, 7) is 4.79. The molecule has 0 fully saturated rings. The second-order valence-corrected chi connectivity index (χ2v) is 4.55. The predicted octanol–water partition coefficient (Wildman–Crippen LogP) is 2.83. The van der Waals surface area contributed by atoms with Gasteiger partial charge in [0.1, 0.15) is 0 Å². The molecule has 0 aliphatic carbocycles. The Kier molecular flexibility index (Phi) is 4.34. The molecule has 4 heteroatoms. The Morgan fingerprint density at radius 3 is 2.74 bits per heavy atom. The predicted molar refractivity (Wildman–Crippen MR) is 77.3 cm³/mol. The first-order valence-electron chi connectivity index (χ1n) is 6.59.